The summed E-state index contributed by atoms with van der Waals surface area (Å²) in [4.78, 5) is 5.21. The minimum absolute atomic E-state index is 0.255. The van der Waals surface area contributed by atoms with Gasteiger partial charge in [-0.1, -0.05) is 0 Å². The second-order valence-electron chi connectivity index (χ2n) is 2.15. The first-order chi connectivity index (χ1) is 4.29. The summed E-state index contributed by atoms with van der Waals surface area (Å²) in [5.41, 5.74) is 7.39. The van der Waals surface area contributed by atoms with Gasteiger partial charge in [0.05, 0.1) is 5.51 Å². The van der Waals surface area contributed by atoms with E-state index in [1.165, 1.54) is 4.88 Å². The van der Waals surface area contributed by atoms with E-state index in [9.17, 15) is 0 Å². The predicted octanol–water partition coefficient (Wildman–Crippen LogP) is 1.03. The molecule has 1 aromatic rings. The fourth-order valence-electron chi connectivity index (χ4n) is 0.660. The standard InChI is InChI=1S/C6H10N2S/c1-5(7)2-6-3-8-4-9-6/h3-5H,2,7H2,1H3/t5-/m1/s1. The first-order valence-corrected chi connectivity index (χ1v) is 3.80. The molecule has 0 saturated heterocycles. The Balaban J connectivity index is 2.48. The third-order valence-electron chi connectivity index (χ3n) is 1.01. The van der Waals surface area contributed by atoms with Crippen molar-refractivity contribution >= 4 is 11.3 Å². The molecule has 0 aliphatic heterocycles. The van der Waals surface area contributed by atoms with Gasteiger partial charge in [-0.2, -0.15) is 0 Å². The molecule has 1 rings (SSSR count). The van der Waals surface area contributed by atoms with Crippen molar-refractivity contribution < 1.29 is 0 Å². The van der Waals surface area contributed by atoms with Gasteiger partial charge in [-0.15, -0.1) is 11.3 Å². The van der Waals surface area contributed by atoms with Crippen LogP contribution in [0.3, 0.4) is 0 Å². The van der Waals surface area contributed by atoms with Crippen molar-refractivity contribution in [1.29, 1.82) is 0 Å². The lowest BCUT2D eigenvalue weighted by molar-refractivity contribution is 0.745. The predicted molar refractivity (Wildman–Crippen MR) is 39.5 cm³/mol. The molecule has 1 heterocycles. The number of aromatic nitrogens is 1. The van der Waals surface area contributed by atoms with Crippen molar-refractivity contribution in [3.05, 3.63) is 16.6 Å². The van der Waals surface area contributed by atoms with Crippen molar-refractivity contribution in [2.75, 3.05) is 0 Å². The third-order valence-corrected chi connectivity index (χ3v) is 1.81. The normalized spacial score (nSPS) is 13.6. The van der Waals surface area contributed by atoms with E-state index < -0.39 is 0 Å². The summed E-state index contributed by atoms with van der Waals surface area (Å²) in [5, 5.41) is 0. The minimum atomic E-state index is 0.255. The summed E-state index contributed by atoms with van der Waals surface area (Å²) < 4.78 is 0. The highest BCUT2D eigenvalue weighted by Gasteiger charge is 1.96. The molecule has 50 valence electrons. The van der Waals surface area contributed by atoms with E-state index in [2.05, 4.69) is 4.98 Å². The zero-order chi connectivity index (χ0) is 6.69. The molecule has 1 atom stereocenters. The molecular formula is C6H10N2S. The third kappa shape index (κ3) is 2.11. The molecule has 0 radical (unpaired) electrons. The van der Waals surface area contributed by atoms with E-state index in [1.54, 1.807) is 11.3 Å². The molecule has 0 aromatic carbocycles. The Labute approximate surface area is 58.7 Å². The first-order valence-electron chi connectivity index (χ1n) is 2.92. The molecule has 3 heteroatoms. The number of nitrogens with two attached hydrogens (primary N) is 1. The number of hydrogen-bond acceptors (Lipinski definition) is 3. The molecule has 0 unspecified atom stereocenters. The average molecular weight is 142 g/mol. The summed E-state index contributed by atoms with van der Waals surface area (Å²) in [6.07, 6.45) is 2.82. The fraction of sp³-hybridized carbons (Fsp3) is 0.500. The molecule has 0 fully saturated rings. The van der Waals surface area contributed by atoms with Gasteiger partial charge in [0, 0.05) is 17.1 Å². The van der Waals surface area contributed by atoms with Gasteiger partial charge in [0.25, 0.3) is 0 Å². The number of hydrogen-bond donors (Lipinski definition) is 1. The van der Waals surface area contributed by atoms with Gasteiger partial charge in [-0.05, 0) is 13.3 Å². The highest BCUT2D eigenvalue weighted by molar-refractivity contribution is 7.09. The van der Waals surface area contributed by atoms with Crippen LogP contribution >= 0.6 is 11.3 Å². The summed E-state index contributed by atoms with van der Waals surface area (Å²) in [6.45, 7) is 2.00. The molecule has 1 aromatic heterocycles. The zero-order valence-electron chi connectivity index (χ0n) is 5.37. The van der Waals surface area contributed by atoms with Gasteiger partial charge < -0.3 is 5.73 Å². The van der Waals surface area contributed by atoms with Crippen molar-refractivity contribution in [1.82, 2.24) is 4.98 Å². The second-order valence-corrected chi connectivity index (χ2v) is 3.12. The monoisotopic (exact) mass is 142 g/mol. The highest BCUT2D eigenvalue weighted by Crippen LogP contribution is 2.06. The van der Waals surface area contributed by atoms with Crippen LogP contribution in [0.2, 0.25) is 0 Å². The van der Waals surface area contributed by atoms with Gasteiger partial charge >= 0.3 is 0 Å². The van der Waals surface area contributed by atoms with Crippen LogP contribution in [-0.4, -0.2) is 11.0 Å². The maximum atomic E-state index is 5.56. The maximum Gasteiger partial charge on any atom is 0.0794 e. The van der Waals surface area contributed by atoms with Gasteiger partial charge in [-0.3, -0.25) is 4.98 Å². The van der Waals surface area contributed by atoms with Crippen LogP contribution in [0.4, 0.5) is 0 Å². The van der Waals surface area contributed by atoms with Gasteiger partial charge in [-0.25, -0.2) is 0 Å². The molecular weight excluding hydrogens is 132 g/mol. The Kier molecular flexibility index (Phi) is 2.19. The van der Waals surface area contributed by atoms with Crippen LogP contribution in [-0.2, 0) is 6.42 Å². The highest BCUT2D eigenvalue weighted by atomic mass is 32.1. The Morgan fingerprint density at radius 1 is 1.89 bits per heavy atom. The SMILES string of the molecule is C[C@@H](N)Cc1cncs1. The minimum Gasteiger partial charge on any atom is -0.328 e. The van der Waals surface area contributed by atoms with Crippen LogP contribution in [0.15, 0.2) is 11.7 Å². The molecule has 9 heavy (non-hydrogen) atoms. The summed E-state index contributed by atoms with van der Waals surface area (Å²) in [5.74, 6) is 0. The van der Waals surface area contributed by atoms with Gasteiger partial charge in [0.1, 0.15) is 0 Å². The lowest BCUT2D eigenvalue weighted by Crippen LogP contribution is -2.16. The number of rotatable bonds is 2. The van der Waals surface area contributed by atoms with E-state index in [4.69, 9.17) is 5.73 Å². The van der Waals surface area contributed by atoms with Gasteiger partial charge in [0.2, 0.25) is 0 Å². The fourth-order valence-corrected chi connectivity index (χ4v) is 1.40. The van der Waals surface area contributed by atoms with Crippen molar-refractivity contribution in [3.63, 3.8) is 0 Å². The van der Waals surface area contributed by atoms with Crippen molar-refractivity contribution in [2.45, 2.75) is 19.4 Å². The van der Waals surface area contributed by atoms with E-state index in [0.29, 0.717) is 0 Å². The molecule has 0 spiro atoms. The van der Waals surface area contributed by atoms with Crippen LogP contribution in [0.25, 0.3) is 0 Å². The number of thiazole rings is 1. The van der Waals surface area contributed by atoms with E-state index in [-0.39, 0.29) is 6.04 Å². The first kappa shape index (κ1) is 6.71. The quantitative estimate of drug-likeness (QED) is 0.670. The van der Waals surface area contributed by atoms with Crippen LogP contribution < -0.4 is 5.73 Å². The molecule has 0 aliphatic carbocycles. The molecule has 0 amide bonds. The van der Waals surface area contributed by atoms with Crippen molar-refractivity contribution in [2.24, 2.45) is 5.73 Å². The van der Waals surface area contributed by atoms with Crippen LogP contribution in [0.5, 0.6) is 0 Å². The Morgan fingerprint density at radius 2 is 2.67 bits per heavy atom. The summed E-state index contributed by atoms with van der Waals surface area (Å²) in [6, 6.07) is 0.255. The molecule has 0 aliphatic rings. The Bertz CT molecular complexity index is 158. The molecule has 2 nitrogen and oxygen atoms in total. The van der Waals surface area contributed by atoms with E-state index in [0.717, 1.165) is 6.42 Å². The topological polar surface area (TPSA) is 38.9 Å². The van der Waals surface area contributed by atoms with Crippen molar-refractivity contribution in [3.8, 4) is 0 Å². The number of nitrogens with zero attached hydrogens (tertiary/aromatic N) is 1. The largest absolute Gasteiger partial charge is 0.328 e. The Morgan fingerprint density at radius 3 is 3.11 bits per heavy atom. The maximum absolute atomic E-state index is 5.56. The van der Waals surface area contributed by atoms with E-state index in [1.807, 2.05) is 18.6 Å². The molecule has 2 N–H and O–H groups in total. The smallest absolute Gasteiger partial charge is 0.0794 e. The van der Waals surface area contributed by atoms with E-state index >= 15 is 0 Å². The zero-order valence-corrected chi connectivity index (χ0v) is 6.19. The average Bonchev–Trinajstić information content (AvgIpc) is 2.15. The molecule has 0 bridgehead atoms. The van der Waals surface area contributed by atoms with Crippen LogP contribution in [0.1, 0.15) is 11.8 Å². The summed E-state index contributed by atoms with van der Waals surface area (Å²) >= 11 is 1.66. The van der Waals surface area contributed by atoms with Crippen LogP contribution in [0, 0.1) is 0 Å². The second kappa shape index (κ2) is 2.94. The Hall–Kier alpha value is -0.410. The summed E-state index contributed by atoms with van der Waals surface area (Å²) in [7, 11) is 0. The lowest BCUT2D eigenvalue weighted by Gasteiger charge is -1.98. The van der Waals surface area contributed by atoms with Gasteiger partial charge in [0.15, 0.2) is 0 Å². The molecule has 0 saturated carbocycles. The lowest BCUT2D eigenvalue weighted by atomic mass is 10.2.